The molecule has 1 aromatic carbocycles. The van der Waals surface area contributed by atoms with E-state index in [9.17, 15) is 4.79 Å². The van der Waals surface area contributed by atoms with Crippen molar-refractivity contribution in [2.45, 2.75) is 4.90 Å². The van der Waals surface area contributed by atoms with Crippen LogP contribution in [-0.2, 0) is 0 Å². The van der Waals surface area contributed by atoms with E-state index in [0.29, 0.717) is 5.75 Å². The smallest absolute Gasteiger partial charge is 0.343 e. The fourth-order valence-electron chi connectivity index (χ4n) is 1.38. The summed E-state index contributed by atoms with van der Waals surface area (Å²) in [5.41, 5.74) is 0.270. The second-order valence-corrected chi connectivity index (χ2v) is 4.51. The summed E-state index contributed by atoms with van der Waals surface area (Å²) in [7, 11) is 1.44. The number of thiol groups is 1. The van der Waals surface area contributed by atoms with Gasteiger partial charge < -0.3 is 9.47 Å². The second kappa shape index (κ2) is 5.95. The molecular weight excluding hydrogens is 286 g/mol. The van der Waals surface area contributed by atoms with Crippen LogP contribution >= 0.6 is 24.2 Å². The summed E-state index contributed by atoms with van der Waals surface area (Å²) < 4.78 is 10.1. The van der Waals surface area contributed by atoms with Crippen molar-refractivity contribution in [1.29, 1.82) is 0 Å². The lowest BCUT2D eigenvalue weighted by molar-refractivity contribution is 0.0734. The van der Waals surface area contributed by atoms with Crippen LogP contribution in [0, 0.1) is 0 Å². The maximum absolute atomic E-state index is 11.9. The van der Waals surface area contributed by atoms with Crippen molar-refractivity contribution < 1.29 is 14.3 Å². The number of nitrogens with zero attached hydrogens (tertiary/aromatic N) is 1. The molecule has 0 aliphatic heterocycles. The molecule has 98 valence electrons. The van der Waals surface area contributed by atoms with Gasteiger partial charge in [0.05, 0.1) is 12.7 Å². The number of hydrogen-bond donors (Lipinski definition) is 1. The summed E-state index contributed by atoms with van der Waals surface area (Å²) in [6, 6.07) is 9.64. The molecule has 0 spiro atoms. The number of halogens is 1. The molecule has 1 aromatic heterocycles. The number of carbonyl (C=O) groups excluding carboxylic acids is 1. The Morgan fingerprint density at radius 2 is 1.95 bits per heavy atom. The first kappa shape index (κ1) is 13.7. The Morgan fingerprint density at radius 3 is 2.58 bits per heavy atom. The number of methoxy groups -OCH3 is 1. The summed E-state index contributed by atoms with van der Waals surface area (Å²) in [6.07, 6.45) is 0. The molecule has 0 saturated carbocycles. The molecule has 0 radical (unpaired) electrons. The van der Waals surface area contributed by atoms with E-state index in [0.717, 1.165) is 4.90 Å². The second-order valence-electron chi connectivity index (χ2n) is 3.60. The van der Waals surface area contributed by atoms with E-state index in [1.54, 1.807) is 24.3 Å². The fraction of sp³-hybridized carbons (Fsp3) is 0.0769. The first-order chi connectivity index (χ1) is 9.08. The highest BCUT2D eigenvalue weighted by atomic mass is 35.5. The summed E-state index contributed by atoms with van der Waals surface area (Å²) in [4.78, 5) is 16.6. The average Bonchev–Trinajstić information content (AvgIpc) is 2.40. The van der Waals surface area contributed by atoms with E-state index in [1.807, 2.05) is 0 Å². The Balaban J connectivity index is 2.20. The molecule has 6 heteroatoms. The van der Waals surface area contributed by atoms with Crippen LogP contribution in [0.2, 0.25) is 5.15 Å². The van der Waals surface area contributed by atoms with Gasteiger partial charge in [0.1, 0.15) is 10.9 Å². The quantitative estimate of drug-likeness (QED) is 0.409. The van der Waals surface area contributed by atoms with E-state index in [-0.39, 0.29) is 16.6 Å². The van der Waals surface area contributed by atoms with Crippen LogP contribution in [0.1, 0.15) is 10.4 Å². The maximum atomic E-state index is 11.9. The molecule has 0 saturated heterocycles. The fourth-order valence-corrected chi connectivity index (χ4v) is 1.73. The van der Waals surface area contributed by atoms with Gasteiger partial charge in [-0.25, -0.2) is 9.78 Å². The first-order valence-electron chi connectivity index (χ1n) is 5.31. The molecular formula is C13H10ClNO3S. The van der Waals surface area contributed by atoms with Crippen LogP contribution in [0.25, 0.3) is 0 Å². The highest BCUT2D eigenvalue weighted by Crippen LogP contribution is 2.19. The molecule has 0 fully saturated rings. The first-order valence-corrected chi connectivity index (χ1v) is 6.14. The van der Waals surface area contributed by atoms with Crippen molar-refractivity contribution in [2.24, 2.45) is 0 Å². The van der Waals surface area contributed by atoms with Crippen LogP contribution in [-0.4, -0.2) is 18.1 Å². The van der Waals surface area contributed by atoms with Gasteiger partial charge in [-0.05, 0) is 30.3 Å². The maximum Gasteiger partial charge on any atom is 0.343 e. The molecule has 1 heterocycles. The highest BCUT2D eigenvalue weighted by Gasteiger charge is 2.12. The lowest BCUT2D eigenvalue weighted by Crippen LogP contribution is -2.09. The van der Waals surface area contributed by atoms with Crippen molar-refractivity contribution in [1.82, 2.24) is 4.98 Å². The van der Waals surface area contributed by atoms with Crippen LogP contribution in [0.3, 0.4) is 0 Å². The number of benzene rings is 1. The minimum Gasteiger partial charge on any atom is -0.481 e. The monoisotopic (exact) mass is 295 g/mol. The summed E-state index contributed by atoms with van der Waals surface area (Å²) in [6.45, 7) is 0. The topological polar surface area (TPSA) is 48.4 Å². The minimum absolute atomic E-state index is 0.164. The van der Waals surface area contributed by atoms with E-state index in [1.165, 1.54) is 19.2 Å². The van der Waals surface area contributed by atoms with Gasteiger partial charge in [0.15, 0.2) is 0 Å². The number of aromatic nitrogens is 1. The van der Waals surface area contributed by atoms with Gasteiger partial charge in [0.25, 0.3) is 0 Å². The number of pyridine rings is 1. The van der Waals surface area contributed by atoms with E-state index < -0.39 is 5.97 Å². The van der Waals surface area contributed by atoms with Crippen LogP contribution in [0.5, 0.6) is 11.6 Å². The number of esters is 1. The lowest BCUT2D eigenvalue weighted by atomic mass is 10.2. The van der Waals surface area contributed by atoms with E-state index in [2.05, 4.69) is 17.6 Å². The van der Waals surface area contributed by atoms with Crippen molar-refractivity contribution in [3.8, 4) is 11.6 Å². The molecule has 0 aliphatic rings. The molecule has 19 heavy (non-hydrogen) atoms. The van der Waals surface area contributed by atoms with Crippen molar-refractivity contribution in [3.63, 3.8) is 0 Å². The van der Waals surface area contributed by atoms with Crippen molar-refractivity contribution in [2.75, 3.05) is 7.11 Å². The molecule has 0 aliphatic carbocycles. The van der Waals surface area contributed by atoms with Gasteiger partial charge in [-0.1, -0.05) is 11.6 Å². The third-order valence-electron chi connectivity index (χ3n) is 2.26. The zero-order chi connectivity index (χ0) is 13.8. The van der Waals surface area contributed by atoms with Gasteiger partial charge in [0, 0.05) is 11.0 Å². The summed E-state index contributed by atoms with van der Waals surface area (Å²) >= 11 is 9.94. The van der Waals surface area contributed by atoms with Crippen LogP contribution in [0.15, 0.2) is 41.3 Å². The Kier molecular flexibility index (Phi) is 4.29. The van der Waals surface area contributed by atoms with Gasteiger partial charge in [0.2, 0.25) is 5.88 Å². The Bertz CT molecular complexity index is 601. The molecule has 0 amide bonds. The molecule has 4 nitrogen and oxygen atoms in total. The van der Waals surface area contributed by atoms with Gasteiger partial charge in [-0.15, -0.1) is 12.6 Å². The van der Waals surface area contributed by atoms with E-state index >= 15 is 0 Å². The zero-order valence-corrected chi connectivity index (χ0v) is 11.6. The van der Waals surface area contributed by atoms with Crippen molar-refractivity contribution in [3.05, 3.63) is 47.1 Å². The zero-order valence-electron chi connectivity index (χ0n) is 9.96. The Labute approximate surface area is 120 Å². The standard InChI is InChI=1S/C13H10ClNO3S/c1-17-12-7-8(6-11(14)15-12)13(16)18-9-2-4-10(19)5-3-9/h2-7,19H,1H3. The largest absolute Gasteiger partial charge is 0.481 e. The molecule has 2 aromatic rings. The van der Waals surface area contributed by atoms with Crippen molar-refractivity contribution >= 4 is 30.2 Å². The van der Waals surface area contributed by atoms with Crippen LogP contribution in [0.4, 0.5) is 0 Å². The van der Waals surface area contributed by atoms with Gasteiger partial charge in [-0.2, -0.15) is 0 Å². The predicted molar refractivity (Wildman–Crippen MR) is 74.5 cm³/mol. The lowest BCUT2D eigenvalue weighted by Gasteiger charge is -2.06. The number of carbonyl (C=O) groups is 1. The normalized spacial score (nSPS) is 10.1. The minimum atomic E-state index is -0.533. The SMILES string of the molecule is COc1cc(C(=O)Oc2ccc(S)cc2)cc(Cl)n1. The average molecular weight is 296 g/mol. The summed E-state index contributed by atoms with van der Waals surface area (Å²) in [5, 5.41) is 0.164. The third-order valence-corrected chi connectivity index (χ3v) is 2.75. The number of ether oxygens (including phenoxy) is 2. The Morgan fingerprint density at radius 1 is 1.26 bits per heavy atom. The Hall–Kier alpha value is -1.72. The number of hydrogen-bond acceptors (Lipinski definition) is 5. The van der Waals surface area contributed by atoms with E-state index in [4.69, 9.17) is 21.1 Å². The van der Waals surface area contributed by atoms with Crippen LogP contribution < -0.4 is 9.47 Å². The highest BCUT2D eigenvalue weighted by molar-refractivity contribution is 7.80. The molecule has 0 unspecified atom stereocenters. The number of rotatable bonds is 3. The summed E-state index contributed by atoms with van der Waals surface area (Å²) in [5.74, 6) is 0.148. The molecule has 0 N–H and O–H groups in total. The molecule has 0 bridgehead atoms. The predicted octanol–water partition coefficient (Wildman–Crippen LogP) is 3.25. The molecule has 2 rings (SSSR count). The van der Waals surface area contributed by atoms with Gasteiger partial charge >= 0.3 is 5.97 Å². The molecule has 0 atom stereocenters. The third kappa shape index (κ3) is 3.62. The van der Waals surface area contributed by atoms with Gasteiger partial charge in [-0.3, -0.25) is 0 Å².